The van der Waals surface area contributed by atoms with E-state index in [0.717, 1.165) is 11.9 Å². The molecule has 0 aliphatic carbocycles. The Bertz CT molecular complexity index is 694. The smallest absolute Gasteiger partial charge is 0.373 e. The van der Waals surface area contributed by atoms with E-state index < -0.39 is 12.0 Å². The zero-order valence-corrected chi connectivity index (χ0v) is 17.5. The minimum Gasteiger partial charge on any atom is -0.490 e. The van der Waals surface area contributed by atoms with E-state index >= 15 is 0 Å². The number of nitrogens with one attached hydrogen (secondary N) is 1. The molecule has 0 radical (unpaired) electrons. The van der Waals surface area contributed by atoms with E-state index in [0.29, 0.717) is 6.42 Å². The molecule has 6 heteroatoms. The molecule has 0 spiro atoms. The highest BCUT2D eigenvalue weighted by atomic mass is 16.6. The average molecular weight is 389 g/mol. The van der Waals surface area contributed by atoms with Gasteiger partial charge in [0.15, 0.2) is 5.76 Å². The lowest BCUT2D eigenvalue weighted by Gasteiger charge is -2.26. The summed E-state index contributed by atoms with van der Waals surface area (Å²) < 4.78 is 10.3. The molecule has 0 aromatic carbocycles. The van der Waals surface area contributed by atoms with Gasteiger partial charge in [0.2, 0.25) is 5.91 Å². The molecule has 0 fully saturated rings. The highest BCUT2D eigenvalue weighted by Crippen LogP contribution is 2.22. The van der Waals surface area contributed by atoms with Crippen LogP contribution in [0, 0.1) is 11.3 Å². The number of esters is 1. The predicted octanol–water partition coefficient (Wildman–Crippen LogP) is 3.26. The highest BCUT2D eigenvalue weighted by molar-refractivity contribution is 5.90. The van der Waals surface area contributed by atoms with Crippen LogP contribution in [0.3, 0.4) is 0 Å². The molecule has 28 heavy (non-hydrogen) atoms. The van der Waals surface area contributed by atoms with Gasteiger partial charge in [0.05, 0.1) is 13.2 Å². The Hall–Kier alpha value is -2.63. The molecule has 1 aliphatic heterocycles. The number of ether oxygens (including phenoxy) is 2. The molecule has 1 N–H and O–H groups in total. The van der Waals surface area contributed by atoms with Crippen molar-refractivity contribution in [2.24, 2.45) is 11.3 Å². The normalized spacial score (nSPS) is 20.5. The standard InChI is InChI=1S/C22H31NO5/c1-15(13-16(2)17-11-12-18(27-6)21(26)28-17)9-7-8-10-20(25)23-19(14-24)22(3,4)5/h7-10,12-14,16-17,19H,11H2,1-6H3,(H,23,25)/b9-7+,10-8-,15-13+. The van der Waals surface area contributed by atoms with Crippen LogP contribution in [0.4, 0.5) is 0 Å². The van der Waals surface area contributed by atoms with Crippen LogP contribution in [0.25, 0.3) is 0 Å². The van der Waals surface area contributed by atoms with Crippen molar-refractivity contribution in [1.29, 1.82) is 0 Å². The van der Waals surface area contributed by atoms with Gasteiger partial charge in [-0.15, -0.1) is 0 Å². The average Bonchev–Trinajstić information content (AvgIpc) is 2.62. The predicted molar refractivity (Wildman–Crippen MR) is 108 cm³/mol. The second-order valence-electron chi connectivity index (χ2n) is 7.93. The molecule has 3 atom stereocenters. The van der Waals surface area contributed by atoms with E-state index in [1.165, 1.54) is 13.2 Å². The summed E-state index contributed by atoms with van der Waals surface area (Å²) in [5, 5.41) is 2.68. The molecular formula is C22H31NO5. The van der Waals surface area contributed by atoms with Crippen molar-refractivity contribution < 1.29 is 23.9 Å². The molecular weight excluding hydrogens is 358 g/mol. The van der Waals surface area contributed by atoms with Crippen LogP contribution in [0.15, 0.2) is 47.8 Å². The Kier molecular flexibility index (Phi) is 8.89. The van der Waals surface area contributed by atoms with Gasteiger partial charge in [0, 0.05) is 18.4 Å². The molecule has 0 aromatic rings. The Morgan fingerprint density at radius 1 is 1.32 bits per heavy atom. The number of carbonyl (C=O) groups excluding carboxylic acids is 3. The molecule has 3 unspecified atom stereocenters. The first kappa shape index (κ1) is 23.4. The Morgan fingerprint density at radius 3 is 2.50 bits per heavy atom. The van der Waals surface area contributed by atoms with Crippen LogP contribution >= 0.6 is 0 Å². The second-order valence-corrected chi connectivity index (χ2v) is 7.93. The number of hydrogen-bond acceptors (Lipinski definition) is 5. The number of carbonyl (C=O) groups is 3. The van der Waals surface area contributed by atoms with Crippen molar-refractivity contribution >= 4 is 18.2 Å². The maximum absolute atomic E-state index is 11.9. The van der Waals surface area contributed by atoms with E-state index in [1.807, 2.05) is 46.8 Å². The van der Waals surface area contributed by atoms with Gasteiger partial charge in [-0.05, 0) is 18.4 Å². The molecule has 1 rings (SSSR count). The van der Waals surface area contributed by atoms with Crippen LogP contribution in [0.5, 0.6) is 0 Å². The fourth-order valence-electron chi connectivity index (χ4n) is 2.62. The zero-order valence-electron chi connectivity index (χ0n) is 17.5. The quantitative estimate of drug-likeness (QED) is 0.298. The maximum Gasteiger partial charge on any atom is 0.373 e. The molecule has 0 bridgehead atoms. The van der Waals surface area contributed by atoms with Gasteiger partial charge < -0.3 is 19.6 Å². The van der Waals surface area contributed by atoms with Crippen molar-refractivity contribution in [3.8, 4) is 0 Å². The van der Waals surface area contributed by atoms with Gasteiger partial charge in [0.25, 0.3) is 0 Å². The van der Waals surface area contributed by atoms with Crippen LogP contribution < -0.4 is 5.32 Å². The van der Waals surface area contributed by atoms with E-state index in [1.54, 1.807) is 18.2 Å². The molecule has 154 valence electrons. The summed E-state index contributed by atoms with van der Waals surface area (Å²) in [6.45, 7) is 9.59. The number of methoxy groups -OCH3 is 1. The van der Waals surface area contributed by atoms with Gasteiger partial charge in [0.1, 0.15) is 12.4 Å². The number of aldehydes is 1. The minimum atomic E-state index is -0.540. The Labute approximate surface area is 167 Å². The molecule has 1 amide bonds. The molecule has 0 saturated heterocycles. The zero-order chi connectivity index (χ0) is 21.3. The molecule has 1 heterocycles. The summed E-state index contributed by atoms with van der Waals surface area (Å²) >= 11 is 0. The van der Waals surface area contributed by atoms with E-state index in [-0.39, 0.29) is 29.1 Å². The lowest BCUT2D eigenvalue weighted by molar-refractivity contribution is -0.151. The third-order valence-corrected chi connectivity index (χ3v) is 4.41. The molecule has 0 aromatic heterocycles. The van der Waals surface area contributed by atoms with Crippen molar-refractivity contribution in [1.82, 2.24) is 5.32 Å². The number of cyclic esters (lactones) is 1. The maximum atomic E-state index is 11.9. The van der Waals surface area contributed by atoms with Gasteiger partial charge in [-0.3, -0.25) is 4.79 Å². The van der Waals surface area contributed by atoms with Crippen molar-refractivity contribution in [2.75, 3.05) is 7.11 Å². The Morgan fingerprint density at radius 2 is 1.96 bits per heavy atom. The second kappa shape index (κ2) is 10.6. The molecule has 1 aliphatic rings. The first-order chi connectivity index (χ1) is 13.1. The van der Waals surface area contributed by atoms with Crippen LogP contribution in [-0.4, -0.2) is 37.4 Å². The van der Waals surface area contributed by atoms with Crippen molar-refractivity contribution in [2.45, 2.75) is 53.2 Å². The van der Waals surface area contributed by atoms with E-state index in [2.05, 4.69) is 5.32 Å². The largest absolute Gasteiger partial charge is 0.490 e. The highest BCUT2D eigenvalue weighted by Gasteiger charge is 2.27. The van der Waals surface area contributed by atoms with Gasteiger partial charge in [-0.1, -0.05) is 57.6 Å². The van der Waals surface area contributed by atoms with Gasteiger partial charge in [-0.25, -0.2) is 4.79 Å². The number of allylic oxidation sites excluding steroid dienone is 4. The number of rotatable bonds is 8. The fourth-order valence-corrected chi connectivity index (χ4v) is 2.62. The third kappa shape index (κ3) is 7.55. The van der Waals surface area contributed by atoms with Crippen LogP contribution in [-0.2, 0) is 23.9 Å². The lowest BCUT2D eigenvalue weighted by atomic mass is 9.87. The van der Waals surface area contributed by atoms with E-state index in [4.69, 9.17) is 9.47 Å². The van der Waals surface area contributed by atoms with Gasteiger partial charge in [-0.2, -0.15) is 0 Å². The summed E-state index contributed by atoms with van der Waals surface area (Å²) in [4.78, 5) is 34.7. The first-order valence-electron chi connectivity index (χ1n) is 9.32. The van der Waals surface area contributed by atoms with Gasteiger partial charge >= 0.3 is 5.97 Å². The van der Waals surface area contributed by atoms with Crippen molar-refractivity contribution in [3.63, 3.8) is 0 Å². The van der Waals surface area contributed by atoms with Crippen molar-refractivity contribution in [3.05, 3.63) is 47.8 Å². The topological polar surface area (TPSA) is 81.7 Å². The fraction of sp³-hybridized carbons (Fsp3) is 0.500. The van der Waals surface area contributed by atoms with E-state index in [9.17, 15) is 14.4 Å². The molecule has 0 saturated carbocycles. The van der Waals surface area contributed by atoms with Crippen LogP contribution in [0.1, 0.15) is 41.0 Å². The molecule has 6 nitrogen and oxygen atoms in total. The SMILES string of the molecule is COC1=CCC(C(C)/C=C(C)/C=C/C=C\C(=O)NC(C=O)C(C)(C)C)OC1=O. The van der Waals surface area contributed by atoms with Crippen LogP contribution in [0.2, 0.25) is 0 Å². The Balaban J connectivity index is 2.58. The monoisotopic (exact) mass is 389 g/mol. The number of amides is 1. The number of hydrogen-bond donors (Lipinski definition) is 1. The summed E-state index contributed by atoms with van der Waals surface area (Å²) in [5.74, 6) is -0.474. The first-order valence-corrected chi connectivity index (χ1v) is 9.32. The summed E-state index contributed by atoms with van der Waals surface area (Å²) in [6, 6.07) is -0.540. The minimum absolute atomic E-state index is 0.0377. The summed E-state index contributed by atoms with van der Waals surface area (Å²) in [6.07, 6.45) is 11.5. The lowest BCUT2D eigenvalue weighted by Crippen LogP contribution is -2.44. The third-order valence-electron chi connectivity index (χ3n) is 4.41. The summed E-state index contributed by atoms with van der Waals surface area (Å²) in [5.41, 5.74) is 0.647. The summed E-state index contributed by atoms with van der Waals surface area (Å²) in [7, 11) is 1.45.